The standard InChI is InChI=1S/C31H31N7OS/c1-19(26-11-12-27(40-26)23-9-7-6-8-21(23)17-36(3)4)33-29-25-16-24(22-10-13-28-32-14-15-38(28)18-22)31(39)37(5)30(25)35-20(2)34-29/h6-16,18-19H,17H2,1-5H3,(H,33,34,35)/t19-/m1/s1. The van der Waals surface area contributed by atoms with Crippen molar-refractivity contribution >= 4 is 33.8 Å². The van der Waals surface area contributed by atoms with Crippen LogP contribution in [0.1, 0.15) is 29.2 Å². The van der Waals surface area contributed by atoms with Crippen LogP contribution in [0.15, 0.2) is 78.0 Å². The zero-order chi connectivity index (χ0) is 28.0. The van der Waals surface area contributed by atoms with E-state index in [0.717, 1.165) is 23.1 Å². The molecule has 0 bridgehead atoms. The van der Waals surface area contributed by atoms with Gasteiger partial charge in [0.05, 0.1) is 11.4 Å². The molecule has 0 fully saturated rings. The molecule has 0 unspecified atom stereocenters. The smallest absolute Gasteiger partial charge is 0.259 e. The predicted octanol–water partition coefficient (Wildman–Crippen LogP) is 5.91. The van der Waals surface area contributed by atoms with Crippen molar-refractivity contribution in [2.75, 3.05) is 19.4 Å². The Morgan fingerprint density at radius 1 is 1.05 bits per heavy atom. The molecule has 0 saturated heterocycles. The van der Waals surface area contributed by atoms with Crippen LogP contribution in [0.25, 0.3) is 38.2 Å². The number of pyridine rings is 2. The van der Waals surface area contributed by atoms with Crippen molar-refractivity contribution in [3.63, 3.8) is 0 Å². The van der Waals surface area contributed by atoms with Crippen molar-refractivity contribution in [2.45, 2.75) is 26.4 Å². The van der Waals surface area contributed by atoms with Crippen LogP contribution in [-0.2, 0) is 13.6 Å². The van der Waals surface area contributed by atoms with E-state index in [1.807, 2.05) is 41.9 Å². The van der Waals surface area contributed by atoms with Crippen LogP contribution in [0, 0.1) is 6.92 Å². The molecule has 0 radical (unpaired) electrons. The number of nitrogens with one attached hydrogen (secondary N) is 1. The summed E-state index contributed by atoms with van der Waals surface area (Å²) in [5.41, 5.74) is 5.29. The highest BCUT2D eigenvalue weighted by Crippen LogP contribution is 2.35. The number of aryl methyl sites for hydroxylation is 2. The number of imidazole rings is 1. The quantitative estimate of drug-likeness (QED) is 0.267. The van der Waals surface area contributed by atoms with Gasteiger partial charge >= 0.3 is 0 Å². The van der Waals surface area contributed by atoms with E-state index in [1.165, 1.54) is 20.9 Å². The van der Waals surface area contributed by atoms with Gasteiger partial charge in [-0.05, 0) is 69.4 Å². The maximum absolute atomic E-state index is 13.4. The minimum atomic E-state index is -0.108. The molecule has 1 N–H and O–H groups in total. The Labute approximate surface area is 236 Å². The second-order valence-corrected chi connectivity index (χ2v) is 11.5. The zero-order valence-corrected chi connectivity index (χ0v) is 24.0. The molecule has 0 aliphatic rings. The van der Waals surface area contributed by atoms with Gasteiger partial charge in [-0.1, -0.05) is 24.3 Å². The van der Waals surface area contributed by atoms with E-state index < -0.39 is 0 Å². The molecule has 0 amide bonds. The second-order valence-electron chi connectivity index (χ2n) is 10.4. The van der Waals surface area contributed by atoms with Gasteiger partial charge in [-0.2, -0.15) is 0 Å². The summed E-state index contributed by atoms with van der Waals surface area (Å²) in [5.74, 6) is 1.31. The van der Waals surface area contributed by atoms with E-state index in [-0.39, 0.29) is 11.6 Å². The molecule has 5 aromatic heterocycles. The monoisotopic (exact) mass is 549 g/mol. The van der Waals surface area contributed by atoms with Gasteiger partial charge in [0.1, 0.15) is 22.9 Å². The van der Waals surface area contributed by atoms with E-state index in [4.69, 9.17) is 4.98 Å². The Balaban J connectivity index is 1.38. The number of fused-ring (bicyclic) bond motifs is 2. The van der Waals surface area contributed by atoms with Crippen LogP contribution in [0.3, 0.4) is 0 Å². The van der Waals surface area contributed by atoms with Crippen molar-refractivity contribution in [3.05, 3.63) is 99.8 Å². The number of thiophene rings is 1. The minimum Gasteiger partial charge on any atom is -0.362 e. The molecule has 0 saturated carbocycles. The largest absolute Gasteiger partial charge is 0.362 e. The van der Waals surface area contributed by atoms with Crippen LogP contribution < -0.4 is 10.9 Å². The fourth-order valence-electron chi connectivity index (χ4n) is 5.08. The Morgan fingerprint density at radius 2 is 1.88 bits per heavy atom. The summed E-state index contributed by atoms with van der Waals surface area (Å²) in [4.78, 5) is 31.8. The summed E-state index contributed by atoms with van der Waals surface area (Å²) < 4.78 is 3.52. The number of nitrogens with zero attached hydrogens (tertiary/aromatic N) is 6. The van der Waals surface area contributed by atoms with Crippen molar-refractivity contribution in [2.24, 2.45) is 7.05 Å². The summed E-state index contributed by atoms with van der Waals surface area (Å²) in [7, 11) is 5.95. The molecule has 9 heteroatoms. The normalized spacial score (nSPS) is 12.4. The van der Waals surface area contributed by atoms with Crippen LogP contribution >= 0.6 is 11.3 Å². The van der Waals surface area contributed by atoms with Gasteiger partial charge in [-0.15, -0.1) is 11.3 Å². The van der Waals surface area contributed by atoms with Crippen LogP contribution in [0.2, 0.25) is 0 Å². The molecule has 1 aromatic carbocycles. The number of anilines is 1. The van der Waals surface area contributed by atoms with E-state index in [9.17, 15) is 4.79 Å². The first-order valence-electron chi connectivity index (χ1n) is 13.2. The summed E-state index contributed by atoms with van der Waals surface area (Å²) in [6.45, 7) is 4.88. The molecular formula is C31H31N7OS. The molecule has 8 nitrogen and oxygen atoms in total. The molecule has 6 aromatic rings. The second kappa shape index (κ2) is 10.3. The summed E-state index contributed by atoms with van der Waals surface area (Å²) in [5, 5.41) is 4.42. The average Bonchev–Trinajstić information content (AvgIpc) is 3.61. The Hall–Kier alpha value is -4.34. The fourth-order valence-corrected chi connectivity index (χ4v) is 6.15. The third-order valence-electron chi connectivity index (χ3n) is 7.05. The SMILES string of the molecule is Cc1nc(N[C@H](C)c2ccc(-c3ccccc3CN(C)C)s2)c2cc(-c3ccc4nccn4c3)c(=O)n(C)c2n1. The Bertz CT molecular complexity index is 1920. The lowest BCUT2D eigenvalue weighted by Gasteiger charge is -2.17. The van der Waals surface area contributed by atoms with Gasteiger partial charge in [0.25, 0.3) is 5.56 Å². The molecule has 40 heavy (non-hydrogen) atoms. The molecule has 0 spiro atoms. The van der Waals surface area contributed by atoms with Gasteiger partial charge in [0.2, 0.25) is 0 Å². The molecule has 5 heterocycles. The number of hydrogen-bond acceptors (Lipinski definition) is 7. The summed E-state index contributed by atoms with van der Waals surface area (Å²) >= 11 is 1.78. The maximum Gasteiger partial charge on any atom is 0.259 e. The number of aromatic nitrogens is 5. The summed E-state index contributed by atoms with van der Waals surface area (Å²) in [6, 6.07) is 18.7. The number of hydrogen-bond donors (Lipinski definition) is 1. The first kappa shape index (κ1) is 25.9. The highest BCUT2D eigenvalue weighted by atomic mass is 32.1. The molecule has 0 aliphatic heterocycles. The van der Waals surface area contributed by atoms with Crippen LogP contribution in [0.4, 0.5) is 5.82 Å². The minimum absolute atomic E-state index is 0.000226. The molecule has 0 aliphatic carbocycles. The average molecular weight is 550 g/mol. The third kappa shape index (κ3) is 4.78. The van der Waals surface area contributed by atoms with E-state index in [1.54, 1.807) is 29.1 Å². The fraction of sp³-hybridized carbons (Fsp3) is 0.226. The van der Waals surface area contributed by atoms with Gasteiger partial charge in [0.15, 0.2) is 0 Å². The molecule has 202 valence electrons. The van der Waals surface area contributed by atoms with E-state index >= 15 is 0 Å². The Kier molecular flexibility index (Phi) is 6.69. The lowest BCUT2D eigenvalue weighted by molar-refractivity contribution is 0.403. The van der Waals surface area contributed by atoms with Crippen molar-refractivity contribution < 1.29 is 0 Å². The van der Waals surface area contributed by atoms with Gasteiger partial charge in [0, 0.05) is 53.1 Å². The topological polar surface area (TPSA) is 80.4 Å². The summed E-state index contributed by atoms with van der Waals surface area (Å²) in [6.07, 6.45) is 5.55. The highest BCUT2D eigenvalue weighted by molar-refractivity contribution is 7.15. The molecular weight excluding hydrogens is 518 g/mol. The van der Waals surface area contributed by atoms with Crippen LogP contribution in [0.5, 0.6) is 0 Å². The zero-order valence-electron chi connectivity index (χ0n) is 23.2. The van der Waals surface area contributed by atoms with Crippen molar-refractivity contribution in [3.8, 4) is 21.6 Å². The lowest BCUT2D eigenvalue weighted by Crippen LogP contribution is -2.21. The molecule has 6 rings (SSSR count). The van der Waals surface area contributed by atoms with E-state index in [2.05, 4.69) is 77.6 Å². The van der Waals surface area contributed by atoms with Gasteiger partial charge in [-0.25, -0.2) is 15.0 Å². The number of rotatable bonds is 7. The number of benzene rings is 1. The highest BCUT2D eigenvalue weighted by Gasteiger charge is 2.18. The van der Waals surface area contributed by atoms with Gasteiger partial charge < -0.3 is 14.6 Å². The first-order valence-corrected chi connectivity index (χ1v) is 14.0. The lowest BCUT2D eigenvalue weighted by atomic mass is 10.1. The van der Waals surface area contributed by atoms with Gasteiger partial charge in [-0.3, -0.25) is 9.36 Å². The van der Waals surface area contributed by atoms with Crippen molar-refractivity contribution in [1.82, 2.24) is 28.8 Å². The predicted molar refractivity (Wildman–Crippen MR) is 163 cm³/mol. The maximum atomic E-state index is 13.4. The van der Waals surface area contributed by atoms with E-state index in [0.29, 0.717) is 22.9 Å². The van der Waals surface area contributed by atoms with Crippen molar-refractivity contribution in [1.29, 1.82) is 0 Å². The molecule has 1 atom stereocenters. The Morgan fingerprint density at radius 3 is 2.70 bits per heavy atom. The van der Waals surface area contributed by atoms with Crippen LogP contribution in [-0.4, -0.2) is 42.9 Å². The third-order valence-corrected chi connectivity index (χ3v) is 8.36. The first-order chi connectivity index (χ1) is 19.3.